The Hall–Kier alpha value is -3.09. The van der Waals surface area contributed by atoms with Crippen LogP contribution in [0, 0.1) is 5.82 Å². The maximum Gasteiger partial charge on any atom is 0.312 e. The minimum absolute atomic E-state index is 0.0155. The van der Waals surface area contributed by atoms with Crippen molar-refractivity contribution in [3.05, 3.63) is 59.9 Å². The molecule has 6 nitrogen and oxygen atoms in total. The summed E-state index contributed by atoms with van der Waals surface area (Å²) < 4.78 is 19.0. The summed E-state index contributed by atoms with van der Waals surface area (Å²) in [6.07, 6.45) is 0. The lowest BCUT2D eigenvalue weighted by Crippen LogP contribution is -2.52. The van der Waals surface area contributed by atoms with E-state index in [0.717, 1.165) is 11.4 Å². The first-order valence-corrected chi connectivity index (χ1v) is 8.78. The van der Waals surface area contributed by atoms with Crippen LogP contribution in [0.15, 0.2) is 48.5 Å². The van der Waals surface area contributed by atoms with Crippen molar-refractivity contribution in [3.8, 4) is 5.75 Å². The van der Waals surface area contributed by atoms with E-state index in [1.165, 1.54) is 11.0 Å². The SMILES string of the molecule is COc1ccccc1N1CCN(C(=O)C(=O)NCc2ccccc2F)CC1. The van der Waals surface area contributed by atoms with E-state index in [0.29, 0.717) is 31.7 Å². The molecule has 2 aromatic rings. The Morgan fingerprint density at radius 2 is 1.70 bits per heavy atom. The minimum Gasteiger partial charge on any atom is -0.495 e. The highest BCUT2D eigenvalue weighted by atomic mass is 19.1. The Morgan fingerprint density at radius 1 is 1.04 bits per heavy atom. The molecule has 0 radical (unpaired) electrons. The highest BCUT2D eigenvalue weighted by molar-refractivity contribution is 6.35. The normalized spacial score (nSPS) is 14.0. The van der Waals surface area contributed by atoms with Crippen molar-refractivity contribution in [2.24, 2.45) is 0 Å². The molecule has 2 aromatic carbocycles. The van der Waals surface area contributed by atoms with Gasteiger partial charge in [-0.3, -0.25) is 9.59 Å². The van der Waals surface area contributed by atoms with Crippen LogP contribution in [0.5, 0.6) is 5.75 Å². The minimum atomic E-state index is -0.719. The Morgan fingerprint density at radius 3 is 2.41 bits per heavy atom. The summed E-state index contributed by atoms with van der Waals surface area (Å²) in [5.74, 6) is -0.939. The molecule has 0 spiro atoms. The van der Waals surface area contributed by atoms with Crippen LogP contribution in [-0.2, 0) is 16.1 Å². The number of benzene rings is 2. The standard InChI is InChI=1S/C20H22FN3O3/c1-27-18-9-5-4-8-17(18)23-10-12-24(13-11-23)20(26)19(25)22-14-15-6-2-3-7-16(15)21/h2-9H,10-14H2,1H3,(H,22,25). The molecule has 0 bridgehead atoms. The second-order valence-corrected chi connectivity index (χ2v) is 6.23. The molecule has 0 saturated carbocycles. The van der Waals surface area contributed by atoms with E-state index in [9.17, 15) is 14.0 Å². The van der Waals surface area contributed by atoms with Crippen LogP contribution in [-0.4, -0.2) is 50.0 Å². The number of para-hydroxylation sites is 2. The second kappa shape index (κ2) is 8.53. The van der Waals surface area contributed by atoms with Crippen LogP contribution in [0.2, 0.25) is 0 Å². The third kappa shape index (κ3) is 4.36. The number of halogens is 1. The number of nitrogens with one attached hydrogen (secondary N) is 1. The third-order valence-electron chi connectivity index (χ3n) is 4.58. The van der Waals surface area contributed by atoms with E-state index in [1.807, 2.05) is 24.3 Å². The highest BCUT2D eigenvalue weighted by Crippen LogP contribution is 2.28. The van der Waals surface area contributed by atoms with Gasteiger partial charge in [0.15, 0.2) is 0 Å². The van der Waals surface area contributed by atoms with Gasteiger partial charge in [-0.15, -0.1) is 0 Å². The first-order valence-electron chi connectivity index (χ1n) is 8.78. The van der Waals surface area contributed by atoms with Gasteiger partial charge < -0.3 is 19.9 Å². The van der Waals surface area contributed by atoms with Crippen molar-refractivity contribution < 1.29 is 18.7 Å². The van der Waals surface area contributed by atoms with E-state index in [1.54, 1.807) is 25.3 Å². The fourth-order valence-electron chi connectivity index (χ4n) is 3.08. The van der Waals surface area contributed by atoms with Crippen molar-refractivity contribution in [1.82, 2.24) is 10.2 Å². The molecule has 1 fully saturated rings. The van der Waals surface area contributed by atoms with Crippen molar-refractivity contribution in [2.75, 3.05) is 38.2 Å². The smallest absolute Gasteiger partial charge is 0.312 e. The number of nitrogens with zero attached hydrogens (tertiary/aromatic N) is 2. The van der Waals surface area contributed by atoms with Crippen LogP contribution in [0.3, 0.4) is 0 Å². The molecule has 0 aromatic heterocycles. The maximum absolute atomic E-state index is 13.6. The maximum atomic E-state index is 13.6. The topological polar surface area (TPSA) is 61.9 Å². The lowest BCUT2D eigenvalue weighted by atomic mass is 10.2. The predicted octanol–water partition coefficient (Wildman–Crippen LogP) is 1.80. The molecule has 1 saturated heterocycles. The van der Waals surface area contributed by atoms with E-state index in [-0.39, 0.29) is 6.54 Å². The number of rotatable bonds is 4. The molecule has 0 unspecified atom stereocenters. The molecule has 1 heterocycles. The summed E-state index contributed by atoms with van der Waals surface area (Å²) in [4.78, 5) is 28.1. The monoisotopic (exact) mass is 371 g/mol. The molecule has 1 aliphatic rings. The van der Waals surface area contributed by atoms with Crippen molar-refractivity contribution in [2.45, 2.75) is 6.54 Å². The van der Waals surface area contributed by atoms with Gasteiger partial charge in [0.05, 0.1) is 12.8 Å². The number of carbonyl (C=O) groups is 2. The van der Waals surface area contributed by atoms with Gasteiger partial charge in [-0.05, 0) is 18.2 Å². The third-order valence-corrected chi connectivity index (χ3v) is 4.58. The summed E-state index contributed by atoms with van der Waals surface area (Å²) in [5.41, 5.74) is 1.32. The van der Waals surface area contributed by atoms with E-state index < -0.39 is 17.6 Å². The molecular weight excluding hydrogens is 349 g/mol. The van der Waals surface area contributed by atoms with Crippen molar-refractivity contribution in [3.63, 3.8) is 0 Å². The second-order valence-electron chi connectivity index (χ2n) is 6.23. The summed E-state index contributed by atoms with van der Waals surface area (Å²) >= 11 is 0. The number of hydrogen-bond donors (Lipinski definition) is 1. The van der Waals surface area contributed by atoms with Crippen LogP contribution in [0.1, 0.15) is 5.56 Å². The first-order chi connectivity index (χ1) is 13.1. The molecule has 27 heavy (non-hydrogen) atoms. The summed E-state index contributed by atoms with van der Waals surface area (Å²) in [6.45, 7) is 2.06. The lowest BCUT2D eigenvalue weighted by Gasteiger charge is -2.36. The summed E-state index contributed by atoms with van der Waals surface area (Å²) in [6, 6.07) is 13.9. The molecular formula is C20H22FN3O3. The largest absolute Gasteiger partial charge is 0.495 e. The van der Waals surface area contributed by atoms with Crippen molar-refractivity contribution in [1.29, 1.82) is 0 Å². The Kier molecular flexibility index (Phi) is 5.90. The zero-order chi connectivity index (χ0) is 19.2. The molecule has 1 N–H and O–H groups in total. The van der Waals surface area contributed by atoms with Crippen LogP contribution >= 0.6 is 0 Å². The average molecular weight is 371 g/mol. The average Bonchev–Trinajstić information content (AvgIpc) is 2.72. The molecule has 142 valence electrons. The van der Waals surface area contributed by atoms with Crippen LogP contribution in [0.4, 0.5) is 10.1 Å². The van der Waals surface area contributed by atoms with E-state index >= 15 is 0 Å². The zero-order valence-electron chi connectivity index (χ0n) is 15.2. The van der Waals surface area contributed by atoms with Gasteiger partial charge in [-0.1, -0.05) is 30.3 Å². The van der Waals surface area contributed by atoms with Gasteiger partial charge in [0.1, 0.15) is 11.6 Å². The van der Waals surface area contributed by atoms with Gasteiger partial charge in [-0.25, -0.2) is 4.39 Å². The fourth-order valence-corrected chi connectivity index (χ4v) is 3.08. The predicted molar refractivity (Wildman–Crippen MR) is 100 cm³/mol. The fraction of sp³-hybridized carbons (Fsp3) is 0.300. The van der Waals surface area contributed by atoms with Gasteiger partial charge in [0.25, 0.3) is 0 Å². The zero-order valence-corrected chi connectivity index (χ0v) is 15.2. The molecule has 3 rings (SSSR count). The van der Waals surface area contributed by atoms with Gasteiger partial charge >= 0.3 is 11.8 Å². The highest BCUT2D eigenvalue weighted by Gasteiger charge is 2.26. The number of hydrogen-bond acceptors (Lipinski definition) is 4. The number of carbonyl (C=O) groups excluding carboxylic acids is 2. The number of anilines is 1. The van der Waals surface area contributed by atoms with Crippen molar-refractivity contribution >= 4 is 17.5 Å². The molecule has 1 aliphatic heterocycles. The van der Waals surface area contributed by atoms with E-state index in [4.69, 9.17) is 4.74 Å². The quantitative estimate of drug-likeness (QED) is 0.833. The Bertz CT molecular complexity index is 820. The van der Waals surface area contributed by atoms with Gasteiger partial charge in [0.2, 0.25) is 0 Å². The molecule has 7 heteroatoms. The Balaban J connectivity index is 1.53. The van der Waals surface area contributed by atoms with Crippen LogP contribution in [0.25, 0.3) is 0 Å². The number of amides is 2. The molecule has 0 atom stereocenters. The van der Waals surface area contributed by atoms with Crippen LogP contribution < -0.4 is 15.0 Å². The van der Waals surface area contributed by atoms with Gasteiger partial charge in [-0.2, -0.15) is 0 Å². The molecule has 2 amide bonds. The van der Waals surface area contributed by atoms with E-state index in [2.05, 4.69) is 10.2 Å². The Labute approximate surface area is 157 Å². The van der Waals surface area contributed by atoms with Gasteiger partial charge in [0, 0.05) is 38.3 Å². The number of piperazine rings is 1. The number of ether oxygens (including phenoxy) is 1. The number of methoxy groups -OCH3 is 1. The molecule has 0 aliphatic carbocycles. The summed E-state index contributed by atoms with van der Waals surface area (Å²) in [7, 11) is 1.62. The lowest BCUT2D eigenvalue weighted by molar-refractivity contribution is -0.146. The summed E-state index contributed by atoms with van der Waals surface area (Å²) in [5, 5.41) is 2.49. The first kappa shape index (κ1) is 18.7.